The highest BCUT2D eigenvalue weighted by molar-refractivity contribution is 5.80. The van der Waals surface area contributed by atoms with Crippen molar-refractivity contribution in [1.82, 2.24) is 124 Å². The van der Waals surface area contributed by atoms with Crippen LogP contribution in [-0.4, -0.2) is 124 Å². The molecule has 0 spiro atoms. The van der Waals surface area contributed by atoms with Crippen LogP contribution >= 0.6 is 0 Å². The lowest BCUT2D eigenvalue weighted by Gasteiger charge is -2.04. The molecule has 0 bridgehead atoms. The third kappa shape index (κ3) is 44.7. The van der Waals surface area contributed by atoms with Crippen LogP contribution in [0.2, 0.25) is 0 Å². The number of hydrogen-bond acceptors (Lipinski definition) is 18. The minimum absolute atomic E-state index is 0.410. The zero-order chi connectivity index (χ0) is 99.9. The third-order valence-electron chi connectivity index (χ3n) is 17.2. The van der Waals surface area contributed by atoms with E-state index in [1.807, 2.05) is 287 Å². The Morgan fingerprint density at radius 2 is 0.763 bits per heavy atom. The Morgan fingerprint density at radius 1 is 0.282 bits per heavy atom. The Bertz CT molecular complexity index is 4850. The van der Waals surface area contributed by atoms with Crippen molar-refractivity contribution in [3.63, 3.8) is 0 Å². The average Bonchev–Trinajstić information content (AvgIpc) is 1.72. The molecule has 0 amide bonds. The molecule has 0 aliphatic carbocycles. The van der Waals surface area contributed by atoms with Gasteiger partial charge in [-0.25, -0.2) is 34.9 Å². The molecule has 17 rings (SSSR count). The Morgan fingerprint density at radius 3 is 1.27 bits per heavy atom. The standard InChI is InChI=1S/2C10H12N2.4C9H11N3.C8H10N4.C8H11N.2C7H10N2.10C2H6/c1-7(2)9-5-10-8(6-12-9)3-4-11-10;1-7(2)9-5-8-3-4-11-10(8)6-12-9;1-6(2)8-3-7-4-11-12-9(7)5-10-8;1-7(2)8-9-11-4-6-12(9)5-3-10-8;1-7(2)8-6-12-4-3-10-9(12)5-11-8;1-7(2)9-8-5-10-6-12(8)4-3-11-9;1-5(2)7-6-3-11-12-8(6)10-4-9-7;1-7(2)8-5-3-4-6-9-8;1-6(2)7-3-4-8-5-9-7;1-6(2)7-4-3-5-8-9-7;10*1-2/h2*3-7,11H,1-2H3;3-6H,1-2H3,(H,11,12);3*3-7H,1-2H3;3-5H,1-2H3,(H,9,10,11,12);3-7H,1-2H3;2*3-6H,1-2H3;10*1-2H3. The molecule has 0 aromatic carbocycles. The summed E-state index contributed by atoms with van der Waals surface area (Å²) in [6.07, 6.45) is 43.9. The van der Waals surface area contributed by atoms with Crippen LogP contribution < -0.4 is 0 Å². The van der Waals surface area contributed by atoms with Crippen molar-refractivity contribution in [2.45, 2.75) is 336 Å². The van der Waals surface area contributed by atoms with Crippen molar-refractivity contribution in [1.29, 1.82) is 0 Å². The van der Waals surface area contributed by atoms with Crippen LogP contribution in [0.5, 0.6) is 0 Å². The first-order valence-electron chi connectivity index (χ1n) is 47.9. The molecule has 718 valence electrons. The summed E-state index contributed by atoms with van der Waals surface area (Å²) in [7, 11) is 0. The van der Waals surface area contributed by atoms with Gasteiger partial charge in [-0.05, 0) is 120 Å². The van der Waals surface area contributed by atoms with Crippen molar-refractivity contribution in [3.8, 4) is 0 Å². The first kappa shape index (κ1) is 123. The molecule has 131 heavy (non-hydrogen) atoms. The average molecular weight is 1790 g/mol. The summed E-state index contributed by atoms with van der Waals surface area (Å²) in [6, 6.07) is 22.2. The van der Waals surface area contributed by atoms with E-state index < -0.39 is 0 Å². The molecule has 4 N–H and O–H groups in total. The first-order valence-corrected chi connectivity index (χ1v) is 47.9. The van der Waals surface area contributed by atoms with Gasteiger partial charge in [0.2, 0.25) is 0 Å². The van der Waals surface area contributed by atoms with Crippen molar-refractivity contribution in [2.24, 2.45) is 0 Å². The van der Waals surface area contributed by atoms with Crippen LogP contribution in [0, 0.1) is 0 Å². The van der Waals surface area contributed by atoms with E-state index in [2.05, 4.69) is 273 Å². The number of nitrogens with one attached hydrogen (secondary N) is 4. The molecule has 25 heteroatoms. The molecule has 0 radical (unpaired) electrons. The van der Waals surface area contributed by atoms with Crippen LogP contribution in [0.4, 0.5) is 0 Å². The molecule has 0 saturated carbocycles. The second kappa shape index (κ2) is 74.5. The monoisotopic (exact) mass is 1790 g/mol. The summed E-state index contributed by atoms with van der Waals surface area (Å²) in [4.78, 5) is 65.0. The maximum Gasteiger partial charge on any atom is 0.158 e. The second-order valence-electron chi connectivity index (χ2n) is 29.4. The van der Waals surface area contributed by atoms with E-state index in [0.717, 1.165) is 101 Å². The molecule has 17 aromatic heterocycles. The molecule has 17 aromatic rings. The first-order chi connectivity index (χ1) is 63.4. The fraction of sp³-hybridized carbons (Fsp3) is 0.472. The number of imidazole rings is 3. The van der Waals surface area contributed by atoms with Gasteiger partial charge in [0, 0.05) is 143 Å². The Balaban J connectivity index is -0.00000136. The molecule has 0 saturated heterocycles. The summed E-state index contributed by atoms with van der Waals surface area (Å²) in [5.74, 6) is 4.77. The minimum atomic E-state index is 0.410. The Hall–Kier alpha value is -12.3. The maximum atomic E-state index is 4.36. The Labute approximate surface area is 788 Å². The third-order valence-corrected chi connectivity index (χ3v) is 17.2. The van der Waals surface area contributed by atoms with E-state index in [0.29, 0.717) is 59.2 Å². The topological polar surface area (TPSA) is 308 Å². The summed E-state index contributed by atoms with van der Waals surface area (Å²) in [5.41, 5.74) is 18.1. The summed E-state index contributed by atoms with van der Waals surface area (Å²) >= 11 is 0. The highest BCUT2D eigenvalue weighted by Gasteiger charge is 2.12. The highest BCUT2D eigenvalue weighted by Crippen LogP contribution is 2.23. The van der Waals surface area contributed by atoms with Crippen LogP contribution in [-0.2, 0) is 0 Å². The number of rotatable bonds is 10. The van der Waals surface area contributed by atoms with E-state index in [9.17, 15) is 0 Å². The maximum absolute atomic E-state index is 4.36. The number of nitrogens with zero attached hydrogens (tertiary/aromatic N) is 21. The van der Waals surface area contributed by atoms with Gasteiger partial charge in [0.1, 0.15) is 12.7 Å². The SMILES string of the molecule is CC.CC.CC.CC.CC.CC.CC.CC.CC.CC.CC(C)c1cc2[nH]ccc2cn1.CC(C)c1cc2cc[nH]c2cn1.CC(C)c1cc2cn[nH]c2cn1.CC(C)c1ccccn1.CC(C)c1cccnn1.CC(C)c1ccncn1.CC(C)c1cn2ccnc2cn1.CC(C)c1nccn2ccnc12.CC(C)c1nccn2cncc12.CC(C)c1ncnc2[nH]ncc12. The van der Waals surface area contributed by atoms with Gasteiger partial charge in [-0.2, -0.15) is 20.4 Å². The predicted molar refractivity (Wildman–Crippen MR) is 559 cm³/mol. The van der Waals surface area contributed by atoms with Crippen molar-refractivity contribution in [2.75, 3.05) is 0 Å². The van der Waals surface area contributed by atoms with E-state index in [1.165, 1.54) is 16.3 Å². The van der Waals surface area contributed by atoms with Gasteiger partial charge in [-0.1, -0.05) is 283 Å². The number of H-pyrrole nitrogens is 4. The number of aromatic amines is 4. The molecule has 0 aliphatic heterocycles. The van der Waals surface area contributed by atoms with Gasteiger partial charge in [0.25, 0.3) is 0 Å². The summed E-state index contributed by atoms with van der Waals surface area (Å²) in [5, 5.41) is 25.8. The number of pyridine rings is 4. The molecular formula is C106H169N25. The van der Waals surface area contributed by atoms with Gasteiger partial charge in [-0.3, -0.25) is 45.1 Å². The minimum Gasteiger partial charge on any atom is -0.361 e. The van der Waals surface area contributed by atoms with Gasteiger partial charge in [-0.15, -0.1) is 0 Å². The fourth-order valence-corrected chi connectivity index (χ4v) is 10.7. The van der Waals surface area contributed by atoms with Crippen LogP contribution in [0.25, 0.3) is 60.6 Å². The van der Waals surface area contributed by atoms with E-state index in [4.69, 9.17) is 0 Å². The van der Waals surface area contributed by atoms with Crippen molar-refractivity contribution >= 4 is 60.6 Å². The zero-order valence-corrected chi connectivity index (χ0v) is 87.9. The predicted octanol–water partition coefficient (Wildman–Crippen LogP) is 30.2. The fourth-order valence-electron chi connectivity index (χ4n) is 10.7. The number of fused-ring (bicyclic) bond motifs is 7. The smallest absolute Gasteiger partial charge is 0.158 e. The largest absolute Gasteiger partial charge is 0.361 e. The summed E-state index contributed by atoms with van der Waals surface area (Å²) in [6.45, 7) is 82.6. The quantitative estimate of drug-likeness (QED) is 0.0988. The zero-order valence-electron chi connectivity index (χ0n) is 87.9. The molecule has 17 heterocycles. The highest BCUT2D eigenvalue weighted by atomic mass is 15.1. The lowest BCUT2D eigenvalue weighted by Crippen LogP contribution is -1.97. The molecule has 25 nitrogen and oxygen atoms in total. The molecule has 0 fully saturated rings. The molecule has 0 atom stereocenters. The van der Waals surface area contributed by atoms with Crippen molar-refractivity contribution in [3.05, 3.63) is 273 Å². The molecule has 0 unspecified atom stereocenters. The molecular weight excluding hydrogens is 1620 g/mol. The van der Waals surface area contributed by atoms with Gasteiger partial charge < -0.3 is 23.2 Å². The van der Waals surface area contributed by atoms with Crippen LogP contribution in [0.3, 0.4) is 0 Å². The second-order valence-corrected chi connectivity index (χ2v) is 29.4. The van der Waals surface area contributed by atoms with E-state index in [-0.39, 0.29) is 0 Å². The van der Waals surface area contributed by atoms with Crippen LogP contribution in [0.1, 0.15) is 393 Å². The van der Waals surface area contributed by atoms with Crippen LogP contribution in [0.15, 0.2) is 216 Å². The normalized spacial score (nSPS) is 9.76. The van der Waals surface area contributed by atoms with Gasteiger partial charge in [0.05, 0.1) is 93.9 Å². The van der Waals surface area contributed by atoms with E-state index in [1.54, 1.807) is 56.2 Å². The number of hydrogen-bond donors (Lipinski definition) is 4. The molecule has 0 aliphatic rings. The van der Waals surface area contributed by atoms with Gasteiger partial charge in [0.15, 0.2) is 16.9 Å². The number of aromatic nitrogens is 25. The van der Waals surface area contributed by atoms with Crippen molar-refractivity contribution < 1.29 is 0 Å². The summed E-state index contributed by atoms with van der Waals surface area (Å²) < 4.78 is 5.97. The Kier molecular flexibility index (Phi) is 69.9. The lowest BCUT2D eigenvalue weighted by molar-refractivity contribution is 0.785. The lowest BCUT2D eigenvalue weighted by atomic mass is 10.1. The van der Waals surface area contributed by atoms with Gasteiger partial charge >= 0.3 is 0 Å². The van der Waals surface area contributed by atoms with E-state index >= 15 is 0 Å².